The standard InChI is InChI=1S/C24H35F4N3O2/c1-23(2,3)13-21(32)30-9-8-29-20-6-4-16(5-7-20)15-31-22(33)18-10-17(14-25)11-19(12-18)24(26,27)28/h10-12,16,20,29H,4-9,13-15H2,1-3H3,(H,30,32)(H,31,33)/t16-,20-. The zero-order valence-electron chi connectivity index (χ0n) is 19.6. The summed E-state index contributed by atoms with van der Waals surface area (Å²) in [6, 6.07) is 2.98. The van der Waals surface area contributed by atoms with Crippen LogP contribution in [0.4, 0.5) is 17.6 Å². The quantitative estimate of drug-likeness (QED) is 0.363. The van der Waals surface area contributed by atoms with E-state index >= 15 is 0 Å². The Morgan fingerprint density at radius 1 is 0.970 bits per heavy atom. The fourth-order valence-corrected chi connectivity index (χ4v) is 4.00. The minimum Gasteiger partial charge on any atom is -0.355 e. The van der Waals surface area contributed by atoms with Gasteiger partial charge in [0.25, 0.3) is 5.91 Å². The fraction of sp³-hybridized carbons (Fsp3) is 0.667. The van der Waals surface area contributed by atoms with E-state index in [1.165, 1.54) is 0 Å². The Morgan fingerprint density at radius 2 is 1.64 bits per heavy atom. The number of amides is 2. The van der Waals surface area contributed by atoms with Gasteiger partial charge in [0.15, 0.2) is 0 Å². The van der Waals surface area contributed by atoms with Gasteiger partial charge < -0.3 is 16.0 Å². The highest BCUT2D eigenvalue weighted by Gasteiger charge is 2.32. The number of hydrogen-bond donors (Lipinski definition) is 3. The van der Waals surface area contributed by atoms with E-state index in [0.717, 1.165) is 43.9 Å². The van der Waals surface area contributed by atoms with Crippen LogP contribution in [0.1, 0.15) is 74.4 Å². The summed E-state index contributed by atoms with van der Waals surface area (Å²) in [5.41, 5.74) is -1.41. The highest BCUT2D eigenvalue weighted by atomic mass is 19.4. The van der Waals surface area contributed by atoms with Gasteiger partial charge in [-0.25, -0.2) is 4.39 Å². The molecule has 1 aromatic carbocycles. The second-order valence-electron chi connectivity index (χ2n) is 10.0. The van der Waals surface area contributed by atoms with Crippen molar-refractivity contribution >= 4 is 11.8 Å². The molecule has 3 N–H and O–H groups in total. The van der Waals surface area contributed by atoms with Crippen LogP contribution in [0.25, 0.3) is 0 Å². The van der Waals surface area contributed by atoms with Crippen LogP contribution >= 0.6 is 0 Å². The first kappa shape index (κ1) is 27.1. The lowest BCUT2D eigenvalue weighted by Gasteiger charge is -2.29. The van der Waals surface area contributed by atoms with Crippen LogP contribution in [-0.4, -0.2) is 37.5 Å². The van der Waals surface area contributed by atoms with Crippen LogP contribution in [0.3, 0.4) is 0 Å². The van der Waals surface area contributed by atoms with E-state index in [2.05, 4.69) is 16.0 Å². The maximum Gasteiger partial charge on any atom is 0.416 e. The third kappa shape index (κ3) is 9.70. The fourth-order valence-electron chi connectivity index (χ4n) is 4.00. The Balaban J connectivity index is 1.71. The highest BCUT2D eigenvalue weighted by molar-refractivity contribution is 5.94. The van der Waals surface area contributed by atoms with Gasteiger partial charge in [0.1, 0.15) is 6.67 Å². The van der Waals surface area contributed by atoms with Crippen molar-refractivity contribution in [1.29, 1.82) is 0 Å². The van der Waals surface area contributed by atoms with Gasteiger partial charge in [-0.15, -0.1) is 0 Å². The van der Waals surface area contributed by atoms with Gasteiger partial charge >= 0.3 is 6.18 Å². The second kappa shape index (κ2) is 11.8. The Morgan fingerprint density at radius 3 is 2.21 bits per heavy atom. The SMILES string of the molecule is CC(C)(C)CC(=O)NCCN[C@H]1CC[C@H](CNC(=O)c2cc(CF)cc(C(F)(F)F)c2)CC1. The van der Waals surface area contributed by atoms with Crippen molar-refractivity contribution in [2.75, 3.05) is 19.6 Å². The lowest BCUT2D eigenvalue weighted by atomic mass is 9.86. The molecule has 0 heterocycles. The third-order valence-electron chi connectivity index (χ3n) is 5.71. The Labute approximate surface area is 193 Å². The van der Waals surface area contributed by atoms with Crippen LogP contribution in [0.5, 0.6) is 0 Å². The number of benzene rings is 1. The largest absolute Gasteiger partial charge is 0.416 e. The van der Waals surface area contributed by atoms with Crippen molar-refractivity contribution in [2.24, 2.45) is 11.3 Å². The summed E-state index contributed by atoms with van der Waals surface area (Å²) in [5.74, 6) is -0.338. The molecule has 5 nitrogen and oxygen atoms in total. The molecule has 1 saturated carbocycles. The average Bonchev–Trinajstić information content (AvgIpc) is 2.73. The van der Waals surface area contributed by atoms with Gasteiger partial charge in [0, 0.05) is 37.7 Å². The zero-order chi connectivity index (χ0) is 24.6. The monoisotopic (exact) mass is 473 g/mol. The molecule has 0 radical (unpaired) electrons. The molecule has 0 aromatic heterocycles. The Hall–Kier alpha value is -2.16. The molecule has 9 heteroatoms. The molecule has 1 aromatic rings. The van der Waals surface area contributed by atoms with E-state index in [1.54, 1.807) is 0 Å². The topological polar surface area (TPSA) is 70.2 Å². The molecule has 0 bridgehead atoms. The van der Waals surface area contributed by atoms with Crippen LogP contribution in [0, 0.1) is 11.3 Å². The number of carbonyl (C=O) groups is 2. The molecule has 33 heavy (non-hydrogen) atoms. The second-order valence-corrected chi connectivity index (χ2v) is 10.0. The van der Waals surface area contributed by atoms with Crippen LogP contribution in [-0.2, 0) is 17.6 Å². The normalized spacial score (nSPS) is 19.2. The molecule has 1 fully saturated rings. The van der Waals surface area contributed by atoms with Gasteiger partial charge in [-0.05, 0) is 60.8 Å². The van der Waals surface area contributed by atoms with Crippen molar-refractivity contribution in [2.45, 2.75) is 71.8 Å². The maximum atomic E-state index is 13.0. The number of alkyl halides is 4. The minimum atomic E-state index is -4.64. The molecule has 2 amide bonds. The minimum absolute atomic E-state index is 0.0397. The molecular formula is C24H35F4N3O2. The molecular weight excluding hydrogens is 438 g/mol. The molecule has 0 atom stereocenters. The van der Waals surface area contributed by atoms with E-state index in [0.29, 0.717) is 32.1 Å². The summed E-state index contributed by atoms with van der Waals surface area (Å²) in [4.78, 5) is 24.2. The van der Waals surface area contributed by atoms with Gasteiger partial charge in [0.2, 0.25) is 5.91 Å². The first-order valence-electron chi connectivity index (χ1n) is 11.4. The van der Waals surface area contributed by atoms with Crippen molar-refractivity contribution in [3.8, 4) is 0 Å². The van der Waals surface area contributed by atoms with Crippen molar-refractivity contribution in [3.63, 3.8) is 0 Å². The van der Waals surface area contributed by atoms with Crippen LogP contribution in [0.15, 0.2) is 18.2 Å². The van der Waals surface area contributed by atoms with Gasteiger partial charge in [0.05, 0.1) is 5.56 Å². The molecule has 1 aliphatic rings. The molecule has 0 spiro atoms. The summed E-state index contributed by atoms with van der Waals surface area (Å²) in [7, 11) is 0. The summed E-state index contributed by atoms with van der Waals surface area (Å²) >= 11 is 0. The number of halogens is 4. The maximum absolute atomic E-state index is 13.0. The molecule has 1 aliphatic carbocycles. The number of carbonyl (C=O) groups excluding carboxylic acids is 2. The lowest BCUT2D eigenvalue weighted by Crippen LogP contribution is -2.40. The van der Waals surface area contributed by atoms with E-state index in [4.69, 9.17) is 0 Å². The van der Waals surface area contributed by atoms with Crippen LogP contribution in [0.2, 0.25) is 0 Å². The van der Waals surface area contributed by atoms with Gasteiger partial charge in [-0.2, -0.15) is 13.2 Å². The average molecular weight is 474 g/mol. The molecule has 0 aliphatic heterocycles. The first-order chi connectivity index (χ1) is 15.4. The third-order valence-corrected chi connectivity index (χ3v) is 5.71. The smallest absolute Gasteiger partial charge is 0.355 e. The van der Waals surface area contributed by atoms with Crippen molar-refractivity contribution < 1.29 is 27.2 Å². The van der Waals surface area contributed by atoms with E-state index in [1.807, 2.05) is 20.8 Å². The Kier molecular flexibility index (Phi) is 9.70. The lowest BCUT2D eigenvalue weighted by molar-refractivity contribution is -0.137. The summed E-state index contributed by atoms with van der Waals surface area (Å²) in [5, 5.41) is 9.05. The van der Waals surface area contributed by atoms with E-state index in [-0.39, 0.29) is 28.4 Å². The first-order valence-corrected chi connectivity index (χ1v) is 11.4. The Bertz CT molecular complexity index is 798. The van der Waals surface area contributed by atoms with Gasteiger partial charge in [-0.3, -0.25) is 9.59 Å². The van der Waals surface area contributed by atoms with Gasteiger partial charge in [-0.1, -0.05) is 20.8 Å². The van der Waals surface area contributed by atoms with Crippen LogP contribution < -0.4 is 16.0 Å². The highest BCUT2D eigenvalue weighted by Crippen LogP contribution is 2.31. The van der Waals surface area contributed by atoms with E-state index in [9.17, 15) is 27.2 Å². The number of nitrogens with one attached hydrogen (secondary N) is 3. The van der Waals surface area contributed by atoms with Crippen molar-refractivity contribution in [3.05, 3.63) is 34.9 Å². The van der Waals surface area contributed by atoms with E-state index < -0.39 is 24.3 Å². The number of hydrogen-bond acceptors (Lipinski definition) is 3. The predicted molar refractivity (Wildman–Crippen MR) is 119 cm³/mol. The summed E-state index contributed by atoms with van der Waals surface area (Å²) < 4.78 is 51.9. The number of rotatable bonds is 9. The zero-order valence-corrected chi connectivity index (χ0v) is 19.6. The summed E-state index contributed by atoms with van der Waals surface area (Å²) in [6.45, 7) is 6.63. The van der Waals surface area contributed by atoms with Crippen molar-refractivity contribution in [1.82, 2.24) is 16.0 Å². The molecule has 0 saturated heterocycles. The molecule has 2 rings (SSSR count). The predicted octanol–water partition coefficient (Wildman–Crippen LogP) is 4.61. The molecule has 0 unspecified atom stereocenters. The molecule has 186 valence electrons. The summed E-state index contributed by atoms with van der Waals surface area (Å²) in [6.07, 6.45) is -0.544.